The highest BCUT2D eigenvalue weighted by Crippen LogP contribution is 2.59. The molecule has 0 bridgehead atoms. The maximum atomic E-state index is 8.58. The molecule has 1 aromatic carbocycles. The van der Waals surface area contributed by atoms with Crippen molar-refractivity contribution in [2.75, 3.05) is 0 Å². The van der Waals surface area contributed by atoms with Gasteiger partial charge in [0, 0.05) is 11.5 Å². The van der Waals surface area contributed by atoms with Gasteiger partial charge in [0.25, 0.3) is 0 Å². The molecule has 78 valence electrons. The van der Waals surface area contributed by atoms with Crippen LogP contribution in [0.15, 0.2) is 23.4 Å². The number of para-hydroxylation sites is 1. The normalized spacial score (nSPS) is 31.8. The van der Waals surface area contributed by atoms with E-state index in [4.69, 9.17) is 27.3 Å². The van der Waals surface area contributed by atoms with E-state index in [0.29, 0.717) is 5.02 Å². The summed E-state index contributed by atoms with van der Waals surface area (Å²) in [5.41, 5.74) is 6.61. The van der Waals surface area contributed by atoms with Gasteiger partial charge in [0.2, 0.25) is 0 Å². The van der Waals surface area contributed by atoms with Crippen LogP contribution >= 0.6 is 11.6 Å². The molecule has 3 atom stereocenters. The molecule has 5 heteroatoms. The van der Waals surface area contributed by atoms with Gasteiger partial charge in [-0.15, -0.1) is 0 Å². The summed E-state index contributed by atoms with van der Waals surface area (Å²) in [6.45, 7) is 0. The third-order valence-electron chi connectivity index (χ3n) is 3.02. The van der Waals surface area contributed by atoms with Gasteiger partial charge in [-0.3, -0.25) is 0 Å². The fourth-order valence-corrected chi connectivity index (χ4v) is 2.49. The van der Waals surface area contributed by atoms with Crippen molar-refractivity contribution in [2.45, 2.75) is 12.0 Å². The Morgan fingerprint density at radius 1 is 1.53 bits per heavy atom. The van der Waals surface area contributed by atoms with Gasteiger partial charge >= 0.3 is 0 Å². The maximum absolute atomic E-state index is 8.58. The van der Waals surface area contributed by atoms with Crippen LogP contribution in [0.5, 0.6) is 5.75 Å². The highest BCUT2D eigenvalue weighted by atomic mass is 35.5. The Labute approximate surface area is 91.3 Å². The lowest BCUT2D eigenvalue weighted by Crippen LogP contribution is -2.19. The standard InChI is InChI=1S/C10H9ClN2O2/c11-5-3-1-2-4-6-7(10(12)13-14)9(6)15-8(4)5/h1-3,6-7,9,14H,(H2,12,13)/t6-,7-,9-/m1/s1. The highest BCUT2D eigenvalue weighted by Gasteiger charge is 2.61. The summed E-state index contributed by atoms with van der Waals surface area (Å²) in [6, 6.07) is 5.65. The molecular formula is C10H9ClN2O2. The average Bonchev–Trinajstić information content (AvgIpc) is 2.82. The fourth-order valence-electron chi connectivity index (χ4n) is 2.27. The minimum absolute atomic E-state index is 0.000895. The van der Waals surface area contributed by atoms with Crippen molar-refractivity contribution in [1.82, 2.24) is 0 Å². The van der Waals surface area contributed by atoms with Gasteiger partial charge in [-0.1, -0.05) is 28.9 Å². The molecule has 2 aliphatic rings. The second kappa shape index (κ2) is 2.79. The van der Waals surface area contributed by atoms with Crippen LogP contribution in [-0.2, 0) is 0 Å². The maximum Gasteiger partial charge on any atom is 0.146 e. The Bertz CT molecular complexity index is 461. The first kappa shape index (κ1) is 8.85. The molecule has 4 nitrogen and oxygen atoms in total. The second-order valence-electron chi connectivity index (χ2n) is 3.82. The number of ether oxygens (including phenoxy) is 1. The van der Waals surface area contributed by atoms with Crippen LogP contribution in [0.4, 0.5) is 0 Å². The van der Waals surface area contributed by atoms with E-state index >= 15 is 0 Å². The predicted molar refractivity (Wildman–Crippen MR) is 55.5 cm³/mol. The van der Waals surface area contributed by atoms with Crippen molar-refractivity contribution >= 4 is 17.4 Å². The van der Waals surface area contributed by atoms with Gasteiger partial charge in [0.05, 0.1) is 10.9 Å². The van der Waals surface area contributed by atoms with Crippen molar-refractivity contribution in [3.63, 3.8) is 0 Å². The van der Waals surface area contributed by atoms with Gasteiger partial charge in [-0.2, -0.15) is 0 Å². The molecule has 1 aliphatic heterocycles. The molecule has 15 heavy (non-hydrogen) atoms. The number of fused-ring (bicyclic) bond motifs is 3. The number of nitrogens with two attached hydrogens (primary N) is 1. The molecule has 0 radical (unpaired) electrons. The van der Waals surface area contributed by atoms with Crippen LogP contribution in [0.3, 0.4) is 0 Å². The van der Waals surface area contributed by atoms with Crippen LogP contribution in [0.1, 0.15) is 11.5 Å². The van der Waals surface area contributed by atoms with Crippen LogP contribution in [-0.4, -0.2) is 17.1 Å². The molecule has 0 aromatic heterocycles. The zero-order valence-corrected chi connectivity index (χ0v) is 8.48. The third-order valence-corrected chi connectivity index (χ3v) is 3.32. The van der Waals surface area contributed by atoms with Gasteiger partial charge in [-0.05, 0) is 6.07 Å². The van der Waals surface area contributed by atoms with Gasteiger partial charge in [0.1, 0.15) is 17.7 Å². The van der Waals surface area contributed by atoms with Crippen LogP contribution < -0.4 is 10.5 Å². The quantitative estimate of drug-likeness (QED) is 0.329. The van der Waals surface area contributed by atoms with E-state index in [1.165, 1.54) is 0 Å². The van der Waals surface area contributed by atoms with Gasteiger partial charge in [0.15, 0.2) is 0 Å². The van der Waals surface area contributed by atoms with E-state index in [1.54, 1.807) is 6.07 Å². The Kier molecular flexibility index (Phi) is 1.65. The number of oxime groups is 1. The number of hydrogen-bond donors (Lipinski definition) is 2. The van der Waals surface area contributed by atoms with E-state index in [1.807, 2.05) is 12.1 Å². The number of benzene rings is 1. The minimum Gasteiger partial charge on any atom is -0.487 e. The summed E-state index contributed by atoms with van der Waals surface area (Å²) >= 11 is 5.98. The van der Waals surface area contributed by atoms with Crippen molar-refractivity contribution in [3.05, 3.63) is 28.8 Å². The lowest BCUT2D eigenvalue weighted by Gasteiger charge is -2.08. The lowest BCUT2D eigenvalue weighted by atomic mass is 10.1. The molecule has 3 rings (SSSR count). The van der Waals surface area contributed by atoms with Gasteiger partial charge in [-0.25, -0.2) is 0 Å². The minimum atomic E-state index is -0.00389. The van der Waals surface area contributed by atoms with Crippen molar-refractivity contribution < 1.29 is 9.94 Å². The van der Waals surface area contributed by atoms with E-state index in [-0.39, 0.29) is 23.8 Å². The predicted octanol–water partition coefficient (Wildman–Crippen LogP) is 1.56. The Hall–Kier alpha value is -1.42. The molecule has 0 amide bonds. The Balaban J connectivity index is 1.98. The summed E-state index contributed by atoms with van der Waals surface area (Å²) < 4.78 is 5.64. The van der Waals surface area contributed by atoms with E-state index in [0.717, 1.165) is 11.3 Å². The number of amidine groups is 1. The first-order valence-electron chi connectivity index (χ1n) is 4.66. The molecule has 1 saturated carbocycles. The molecule has 1 fully saturated rings. The summed E-state index contributed by atoms with van der Waals surface area (Å²) in [4.78, 5) is 0. The number of rotatable bonds is 1. The largest absolute Gasteiger partial charge is 0.487 e. The molecule has 0 saturated heterocycles. The topological polar surface area (TPSA) is 67.8 Å². The van der Waals surface area contributed by atoms with Crippen LogP contribution in [0.25, 0.3) is 0 Å². The number of halogens is 1. The first-order valence-corrected chi connectivity index (χ1v) is 5.04. The molecule has 0 unspecified atom stereocenters. The van der Waals surface area contributed by atoms with Crippen molar-refractivity contribution in [3.8, 4) is 5.75 Å². The Morgan fingerprint density at radius 3 is 3.07 bits per heavy atom. The van der Waals surface area contributed by atoms with Crippen molar-refractivity contribution in [2.24, 2.45) is 16.8 Å². The second-order valence-corrected chi connectivity index (χ2v) is 4.22. The molecule has 1 heterocycles. The molecule has 0 spiro atoms. The van der Waals surface area contributed by atoms with E-state index in [9.17, 15) is 0 Å². The van der Waals surface area contributed by atoms with Crippen molar-refractivity contribution in [1.29, 1.82) is 0 Å². The smallest absolute Gasteiger partial charge is 0.146 e. The molecular weight excluding hydrogens is 216 g/mol. The van der Waals surface area contributed by atoms with E-state index in [2.05, 4.69) is 5.16 Å². The Morgan fingerprint density at radius 2 is 2.33 bits per heavy atom. The summed E-state index contributed by atoms with van der Waals surface area (Å²) in [7, 11) is 0. The summed E-state index contributed by atoms with van der Waals surface area (Å²) in [5.74, 6) is 1.18. The number of hydrogen-bond acceptors (Lipinski definition) is 3. The number of nitrogens with zero attached hydrogens (tertiary/aromatic N) is 1. The monoisotopic (exact) mass is 224 g/mol. The fraction of sp³-hybridized carbons (Fsp3) is 0.300. The average molecular weight is 225 g/mol. The third kappa shape index (κ3) is 1.05. The van der Waals surface area contributed by atoms with Crippen LogP contribution in [0.2, 0.25) is 5.02 Å². The summed E-state index contributed by atoms with van der Waals surface area (Å²) in [5, 5.41) is 12.2. The van der Waals surface area contributed by atoms with Crippen LogP contribution in [0, 0.1) is 5.92 Å². The molecule has 3 N–H and O–H groups in total. The highest BCUT2D eigenvalue weighted by molar-refractivity contribution is 6.32. The first-order chi connectivity index (χ1) is 7.24. The van der Waals surface area contributed by atoms with Gasteiger partial charge < -0.3 is 15.7 Å². The summed E-state index contributed by atoms with van der Waals surface area (Å²) in [6.07, 6.45) is -0.00389. The zero-order chi connectivity index (χ0) is 10.6. The molecule has 1 aromatic rings. The zero-order valence-electron chi connectivity index (χ0n) is 7.72. The lowest BCUT2D eigenvalue weighted by molar-refractivity contribution is 0.298. The van der Waals surface area contributed by atoms with E-state index < -0.39 is 0 Å². The SMILES string of the molecule is N/C(=N\O)[C@H]1[C@@H]2Oc3c(Cl)cccc3[C@@H]21. The molecule has 1 aliphatic carbocycles.